The van der Waals surface area contributed by atoms with Crippen LogP contribution in [0.15, 0.2) is 66.7 Å². The van der Waals surface area contributed by atoms with Gasteiger partial charge in [-0.1, -0.05) is 36.4 Å². The second-order valence-corrected chi connectivity index (χ2v) is 5.54. The number of anilines is 2. The molecule has 0 saturated carbocycles. The quantitative estimate of drug-likeness (QED) is 0.706. The van der Waals surface area contributed by atoms with Gasteiger partial charge in [0, 0.05) is 11.4 Å². The van der Waals surface area contributed by atoms with Crippen molar-refractivity contribution >= 4 is 28.1 Å². The van der Waals surface area contributed by atoms with E-state index in [0.717, 1.165) is 28.6 Å². The van der Waals surface area contributed by atoms with Gasteiger partial charge in [0.1, 0.15) is 0 Å². The topological polar surface area (TPSA) is 41.1 Å². The van der Waals surface area contributed by atoms with Crippen molar-refractivity contribution in [2.24, 2.45) is 0 Å². The van der Waals surface area contributed by atoms with Crippen LogP contribution in [0.2, 0.25) is 0 Å². The number of carbonyl (C=O) groups excluding carboxylic acids is 1. The van der Waals surface area contributed by atoms with E-state index in [1.54, 1.807) is 0 Å². The average molecular weight is 344 g/mol. The van der Waals surface area contributed by atoms with Gasteiger partial charge < -0.3 is 10.6 Å². The first kappa shape index (κ1) is 16.8. The molecule has 3 rings (SSSR count). The summed E-state index contributed by atoms with van der Waals surface area (Å²) in [5.41, 5.74) is 0.0748. The van der Waals surface area contributed by atoms with Gasteiger partial charge in [-0.2, -0.15) is 13.2 Å². The third-order valence-electron chi connectivity index (χ3n) is 3.68. The fourth-order valence-electron chi connectivity index (χ4n) is 2.46. The van der Waals surface area contributed by atoms with Crippen LogP contribution in [-0.4, -0.2) is 12.5 Å². The van der Waals surface area contributed by atoms with E-state index in [-0.39, 0.29) is 12.2 Å². The largest absolute Gasteiger partial charge is 0.416 e. The standard InChI is InChI=1S/C19H15F3N2O/c20-19(21,22)15-6-3-7-17(11-15)24-18(25)12-23-16-9-8-13-4-1-2-5-14(13)10-16/h1-11,23H,12H2,(H,24,25). The second kappa shape index (κ2) is 6.84. The summed E-state index contributed by atoms with van der Waals surface area (Å²) in [6, 6.07) is 18.1. The highest BCUT2D eigenvalue weighted by atomic mass is 19.4. The predicted molar refractivity (Wildman–Crippen MR) is 92.5 cm³/mol. The predicted octanol–water partition coefficient (Wildman–Crippen LogP) is 4.91. The molecule has 0 saturated heterocycles. The van der Waals surface area contributed by atoms with Gasteiger partial charge in [0.25, 0.3) is 0 Å². The van der Waals surface area contributed by atoms with Gasteiger partial charge in [-0.25, -0.2) is 0 Å². The first-order chi connectivity index (χ1) is 11.9. The van der Waals surface area contributed by atoms with Crippen molar-refractivity contribution in [3.05, 3.63) is 72.3 Å². The fourth-order valence-corrected chi connectivity index (χ4v) is 2.46. The number of hydrogen-bond donors (Lipinski definition) is 2. The lowest BCUT2D eigenvalue weighted by molar-refractivity contribution is -0.137. The maximum absolute atomic E-state index is 12.7. The minimum atomic E-state index is -4.44. The summed E-state index contributed by atoms with van der Waals surface area (Å²) in [6.07, 6.45) is -4.44. The molecule has 2 N–H and O–H groups in total. The highest BCUT2D eigenvalue weighted by molar-refractivity contribution is 5.94. The minimum Gasteiger partial charge on any atom is -0.376 e. The molecule has 0 aliphatic rings. The van der Waals surface area contributed by atoms with Crippen LogP contribution >= 0.6 is 0 Å². The lowest BCUT2D eigenvalue weighted by atomic mass is 10.1. The SMILES string of the molecule is O=C(CNc1ccc2ccccc2c1)Nc1cccc(C(F)(F)F)c1. The number of alkyl halides is 3. The lowest BCUT2D eigenvalue weighted by Gasteiger charge is -2.11. The van der Waals surface area contributed by atoms with Gasteiger partial charge in [0.05, 0.1) is 12.1 Å². The van der Waals surface area contributed by atoms with E-state index in [2.05, 4.69) is 10.6 Å². The molecule has 0 aliphatic heterocycles. The Bertz CT molecular complexity index is 906. The van der Waals surface area contributed by atoms with Gasteiger partial charge in [-0.15, -0.1) is 0 Å². The molecule has 25 heavy (non-hydrogen) atoms. The van der Waals surface area contributed by atoms with Crippen molar-refractivity contribution in [2.45, 2.75) is 6.18 Å². The molecular weight excluding hydrogens is 329 g/mol. The molecule has 6 heteroatoms. The molecule has 0 aromatic heterocycles. The van der Waals surface area contributed by atoms with E-state index in [0.29, 0.717) is 0 Å². The molecule has 3 aromatic rings. The first-order valence-corrected chi connectivity index (χ1v) is 7.61. The van der Waals surface area contributed by atoms with E-state index < -0.39 is 17.6 Å². The number of amides is 1. The highest BCUT2D eigenvalue weighted by Crippen LogP contribution is 2.30. The van der Waals surface area contributed by atoms with Crippen LogP contribution in [0, 0.1) is 0 Å². The summed E-state index contributed by atoms with van der Waals surface area (Å²) in [5, 5.41) is 7.55. The molecule has 0 heterocycles. The van der Waals surface area contributed by atoms with Gasteiger partial charge >= 0.3 is 6.18 Å². The van der Waals surface area contributed by atoms with Crippen LogP contribution in [0.3, 0.4) is 0 Å². The Labute approximate surface area is 142 Å². The molecular formula is C19H15F3N2O. The maximum atomic E-state index is 12.7. The Balaban J connectivity index is 1.62. The van der Waals surface area contributed by atoms with E-state index >= 15 is 0 Å². The van der Waals surface area contributed by atoms with Crippen molar-refractivity contribution in [2.75, 3.05) is 17.2 Å². The van der Waals surface area contributed by atoms with Crippen molar-refractivity contribution in [1.82, 2.24) is 0 Å². The third-order valence-corrected chi connectivity index (χ3v) is 3.68. The van der Waals surface area contributed by atoms with Gasteiger partial charge in [-0.05, 0) is 41.1 Å². The second-order valence-electron chi connectivity index (χ2n) is 5.54. The van der Waals surface area contributed by atoms with Crippen molar-refractivity contribution in [3.8, 4) is 0 Å². The van der Waals surface area contributed by atoms with Crippen molar-refractivity contribution in [1.29, 1.82) is 0 Å². The monoisotopic (exact) mass is 344 g/mol. The third kappa shape index (κ3) is 4.29. The van der Waals surface area contributed by atoms with Gasteiger partial charge in [-0.3, -0.25) is 4.79 Å². The summed E-state index contributed by atoms with van der Waals surface area (Å²) in [4.78, 5) is 12.0. The molecule has 0 spiro atoms. The summed E-state index contributed by atoms with van der Waals surface area (Å²) in [7, 11) is 0. The molecule has 0 unspecified atom stereocenters. The zero-order valence-corrected chi connectivity index (χ0v) is 13.1. The Morgan fingerprint density at radius 1 is 0.840 bits per heavy atom. The molecule has 3 aromatic carbocycles. The van der Waals surface area contributed by atoms with Crippen molar-refractivity contribution in [3.63, 3.8) is 0 Å². The molecule has 0 bridgehead atoms. The van der Waals surface area contributed by atoms with E-state index in [4.69, 9.17) is 0 Å². The zero-order chi connectivity index (χ0) is 17.9. The van der Waals surface area contributed by atoms with Crippen LogP contribution < -0.4 is 10.6 Å². The number of halogens is 3. The number of fused-ring (bicyclic) bond motifs is 1. The maximum Gasteiger partial charge on any atom is 0.416 e. The average Bonchev–Trinajstić information content (AvgIpc) is 2.59. The Hall–Kier alpha value is -3.02. The number of benzene rings is 3. The minimum absolute atomic E-state index is 0.0470. The summed E-state index contributed by atoms with van der Waals surface area (Å²) in [5.74, 6) is -0.424. The molecule has 3 nitrogen and oxygen atoms in total. The molecule has 0 atom stereocenters. The van der Waals surface area contributed by atoms with Crippen molar-refractivity contribution < 1.29 is 18.0 Å². The number of carbonyl (C=O) groups is 1. The molecule has 1 amide bonds. The molecule has 0 aliphatic carbocycles. The van der Waals surface area contributed by atoms with Crippen LogP contribution in [0.1, 0.15) is 5.56 Å². The van der Waals surface area contributed by atoms with Crippen LogP contribution in [0.4, 0.5) is 24.5 Å². The normalized spacial score (nSPS) is 11.3. The molecule has 0 fully saturated rings. The molecule has 128 valence electrons. The summed E-state index contributed by atoms with van der Waals surface area (Å²) >= 11 is 0. The number of hydrogen-bond acceptors (Lipinski definition) is 2. The Morgan fingerprint density at radius 3 is 2.36 bits per heavy atom. The van der Waals surface area contributed by atoms with Crippen LogP contribution in [0.5, 0.6) is 0 Å². The van der Waals surface area contributed by atoms with E-state index in [1.165, 1.54) is 12.1 Å². The highest BCUT2D eigenvalue weighted by Gasteiger charge is 2.30. The summed E-state index contributed by atoms with van der Waals surface area (Å²) in [6.45, 7) is -0.0470. The smallest absolute Gasteiger partial charge is 0.376 e. The lowest BCUT2D eigenvalue weighted by Crippen LogP contribution is -2.22. The fraction of sp³-hybridized carbons (Fsp3) is 0.105. The van der Waals surface area contributed by atoms with Gasteiger partial charge in [0.15, 0.2) is 0 Å². The number of nitrogens with one attached hydrogen (secondary N) is 2. The first-order valence-electron chi connectivity index (χ1n) is 7.61. The van der Waals surface area contributed by atoms with Gasteiger partial charge in [0.2, 0.25) is 5.91 Å². The Morgan fingerprint density at radius 2 is 1.60 bits per heavy atom. The van der Waals surface area contributed by atoms with Crippen LogP contribution in [-0.2, 0) is 11.0 Å². The van der Waals surface area contributed by atoms with E-state index in [9.17, 15) is 18.0 Å². The molecule has 0 radical (unpaired) electrons. The number of rotatable bonds is 4. The zero-order valence-electron chi connectivity index (χ0n) is 13.1. The van der Waals surface area contributed by atoms with E-state index in [1.807, 2.05) is 42.5 Å². The van der Waals surface area contributed by atoms with Crippen LogP contribution in [0.25, 0.3) is 10.8 Å². The Kier molecular flexibility index (Phi) is 4.61. The summed E-state index contributed by atoms with van der Waals surface area (Å²) < 4.78 is 38.0.